The van der Waals surface area contributed by atoms with Crippen molar-refractivity contribution in [2.24, 2.45) is 0 Å². The third-order valence-electron chi connectivity index (χ3n) is 6.16. The Morgan fingerprint density at radius 2 is 1.96 bits per heavy atom. The molecule has 4 heterocycles. The predicted molar refractivity (Wildman–Crippen MR) is 105 cm³/mol. The van der Waals surface area contributed by atoms with Gasteiger partial charge < -0.3 is 13.7 Å². The first-order valence-corrected chi connectivity index (χ1v) is 10.8. The molecule has 0 N–H and O–H groups in total. The highest BCUT2D eigenvalue weighted by molar-refractivity contribution is 7.10. The molecular formula is C21H23N3O3S. The molecule has 146 valence electrons. The second-order valence-corrected chi connectivity index (χ2v) is 8.70. The van der Waals surface area contributed by atoms with Gasteiger partial charge in [0.15, 0.2) is 5.76 Å². The molecule has 1 saturated carbocycles. The Labute approximate surface area is 167 Å². The second kappa shape index (κ2) is 7.20. The number of amides is 1. The zero-order valence-corrected chi connectivity index (χ0v) is 16.5. The average Bonchev–Trinajstić information content (AvgIpc) is 3.52. The quantitative estimate of drug-likeness (QED) is 0.643. The van der Waals surface area contributed by atoms with Crippen LogP contribution in [0.4, 0.5) is 0 Å². The van der Waals surface area contributed by atoms with Gasteiger partial charge in [-0.25, -0.2) is 0 Å². The fraction of sp³-hybridized carbons (Fsp3) is 0.476. The summed E-state index contributed by atoms with van der Waals surface area (Å²) in [6.45, 7) is 1.49. The molecule has 1 aliphatic heterocycles. The monoisotopic (exact) mass is 397 g/mol. The topological polar surface area (TPSA) is 72.4 Å². The van der Waals surface area contributed by atoms with E-state index in [-0.39, 0.29) is 11.3 Å². The van der Waals surface area contributed by atoms with Gasteiger partial charge in [-0.05, 0) is 49.3 Å². The van der Waals surface area contributed by atoms with E-state index in [4.69, 9.17) is 8.83 Å². The van der Waals surface area contributed by atoms with Gasteiger partial charge in [-0.1, -0.05) is 18.9 Å². The molecule has 0 aromatic carbocycles. The molecule has 2 aliphatic rings. The largest absolute Gasteiger partial charge is 0.459 e. The second-order valence-electron chi connectivity index (χ2n) is 7.76. The summed E-state index contributed by atoms with van der Waals surface area (Å²) in [5.74, 6) is 2.16. The smallest absolute Gasteiger partial charge is 0.283 e. The number of carbonyl (C=O) groups excluding carboxylic acids is 1. The van der Waals surface area contributed by atoms with Crippen LogP contribution < -0.4 is 0 Å². The summed E-state index contributed by atoms with van der Waals surface area (Å²) < 4.78 is 11.1. The number of hydrogen-bond acceptors (Lipinski definition) is 6. The number of piperidine rings is 1. The van der Waals surface area contributed by atoms with Gasteiger partial charge in [0.2, 0.25) is 11.8 Å². The summed E-state index contributed by atoms with van der Waals surface area (Å²) in [7, 11) is 0. The Balaban J connectivity index is 1.27. The molecule has 6 nitrogen and oxygen atoms in total. The van der Waals surface area contributed by atoms with Crippen molar-refractivity contribution in [3.05, 3.63) is 46.7 Å². The van der Waals surface area contributed by atoms with Crippen LogP contribution in [0.25, 0.3) is 11.7 Å². The zero-order valence-electron chi connectivity index (χ0n) is 15.7. The van der Waals surface area contributed by atoms with E-state index in [0.29, 0.717) is 23.4 Å². The van der Waals surface area contributed by atoms with E-state index in [1.54, 1.807) is 23.7 Å². The van der Waals surface area contributed by atoms with E-state index in [1.807, 2.05) is 6.07 Å². The van der Waals surface area contributed by atoms with E-state index in [0.717, 1.165) is 51.6 Å². The highest BCUT2D eigenvalue weighted by Crippen LogP contribution is 2.45. The van der Waals surface area contributed by atoms with Crippen LogP contribution in [0.5, 0.6) is 0 Å². The van der Waals surface area contributed by atoms with Crippen LogP contribution >= 0.6 is 11.3 Å². The summed E-state index contributed by atoms with van der Waals surface area (Å²) in [4.78, 5) is 16.8. The van der Waals surface area contributed by atoms with Crippen LogP contribution in [0.2, 0.25) is 0 Å². The number of carbonyl (C=O) groups is 1. The molecule has 1 aliphatic carbocycles. The van der Waals surface area contributed by atoms with E-state index in [2.05, 4.69) is 32.6 Å². The predicted octanol–water partition coefficient (Wildman–Crippen LogP) is 4.61. The van der Waals surface area contributed by atoms with Crippen molar-refractivity contribution in [2.45, 2.75) is 49.9 Å². The molecule has 0 bridgehead atoms. The van der Waals surface area contributed by atoms with Gasteiger partial charge in [0, 0.05) is 23.9 Å². The number of furan rings is 1. The van der Waals surface area contributed by atoms with Crippen molar-refractivity contribution in [3.8, 4) is 11.7 Å². The van der Waals surface area contributed by atoms with Crippen molar-refractivity contribution < 1.29 is 13.6 Å². The molecule has 1 saturated heterocycles. The lowest BCUT2D eigenvalue weighted by atomic mass is 9.82. The fourth-order valence-electron chi connectivity index (χ4n) is 4.63. The van der Waals surface area contributed by atoms with Gasteiger partial charge in [-0.2, -0.15) is 0 Å². The van der Waals surface area contributed by atoms with Crippen LogP contribution in [0.15, 0.2) is 44.7 Å². The Bertz CT molecular complexity index is 918. The molecule has 1 amide bonds. The van der Waals surface area contributed by atoms with Crippen molar-refractivity contribution in [1.82, 2.24) is 15.1 Å². The van der Waals surface area contributed by atoms with Gasteiger partial charge in [-0.15, -0.1) is 21.5 Å². The summed E-state index contributed by atoms with van der Waals surface area (Å²) in [6, 6.07) is 7.81. The van der Waals surface area contributed by atoms with Crippen molar-refractivity contribution in [2.75, 3.05) is 13.1 Å². The Kier molecular flexibility index (Phi) is 4.55. The lowest BCUT2D eigenvalue weighted by Gasteiger charge is -2.37. The highest BCUT2D eigenvalue weighted by Gasteiger charge is 2.46. The molecule has 2 fully saturated rings. The SMILES string of the molecule is O=C(N1CCC(c2nnc(-c3ccco3)o2)CC1)C1(c2cccs2)CCCC1. The number of nitrogens with zero attached hydrogens (tertiary/aromatic N) is 3. The van der Waals surface area contributed by atoms with Gasteiger partial charge in [0.05, 0.1) is 11.7 Å². The van der Waals surface area contributed by atoms with E-state index in [1.165, 1.54) is 4.88 Å². The van der Waals surface area contributed by atoms with Crippen LogP contribution in [0.3, 0.4) is 0 Å². The minimum atomic E-state index is -0.294. The highest BCUT2D eigenvalue weighted by atomic mass is 32.1. The molecule has 0 atom stereocenters. The molecular weight excluding hydrogens is 374 g/mol. The van der Waals surface area contributed by atoms with E-state index < -0.39 is 0 Å². The summed E-state index contributed by atoms with van der Waals surface area (Å²) in [6.07, 6.45) is 7.52. The molecule has 0 spiro atoms. The Morgan fingerprint density at radius 3 is 2.64 bits per heavy atom. The molecule has 5 rings (SSSR count). The van der Waals surface area contributed by atoms with E-state index in [9.17, 15) is 4.79 Å². The summed E-state index contributed by atoms with van der Waals surface area (Å²) in [5, 5.41) is 10.4. The van der Waals surface area contributed by atoms with Crippen LogP contribution in [-0.2, 0) is 10.2 Å². The van der Waals surface area contributed by atoms with Gasteiger partial charge >= 0.3 is 0 Å². The van der Waals surface area contributed by atoms with E-state index >= 15 is 0 Å². The number of hydrogen-bond donors (Lipinski definition) is 0. The van der Waals surface area contributed by atoms with Crippen LogP contribution in [0, 0.1) is 0 Å². The van der Waals surface area contributed by atoms with Gasteiger partial charge in [0.25, 0.3) is 5.89 Å². The van der Waals surface area contributed by atoms with Crippen LogP contribution in [0.1, 0.15) is 55.2 Å². The standard InChI is InChI=1S/C21H23N3O3S/c25-20(21(9-1-2-10-21)17-6-4-14-28-17)24-11-7-15(8-12-24)18-22-23-19(27-18)16-5-3-13-26-16/h3-6,13-15H,1-2,7-12H2. The number of aromatic nitrogens is 2. The number of thiophene rings is 1. The maximum atomic E-state index is 13.5. The maximum Gasteiger partial charge on any atom is 0.283 e. The first-order valence-electron chi connectivity index (χ1n) is 9.97. The van der Waals surface area contributed by atoms with Crippen molar-refractivity contribution in [3.63, 3.8) is 0 Å². The lowest BCUT2D eigenvalue weighted by Crippen LogP contribution is -2.48. The van der Waals surface area contributed by atoms with Crippen LogP contribution in [-0.4, -0.2) is 34.1 Å². The third-order valence-corrected chi connectivity index (χ3v) is 7.24. The van der Waals surface area contributed by atoms with Gasteiger partial charge in [-0.3, -0.25) is 4.79 Å². The molecule has 0 radical (unpaired) electrons. The summed E-state index contributed by atoms with van der Waals surface area (Å²) in [5.41, 5.74) is -0.294. The van der Waals surface area contributed by atoms with Gasteiger partial charge in [0.1, 0.15) is 0 Å². The zero-order chi connectivity index (χ0) is 19.0. The fourth-order valence-corrected chi connectivity index (χ4v) is 5.60. The van der Waals surface area contributed by atoms with Crippen molar-refractivity contribution in [1.29, 1.82) is 0 Å². The maximum absolute atomic E-state index is 13.5. The summed E-state index contributed by atoms with van der Waals surface area (Å²) >= 11 is 1.72. The lowest BCUT2D eigenvalue weighted by molar-refractivity contribution is -0.138. The average molecular weight is 398 g/mol. The first kappa shape index (κ1) is 17.7. The normalized spacial score (nSPS) is 19.9. The molecule has 28 heavy (non-hydrogen) atoms. The minimum absolute atomic E-state index is 0.196. The molecule has 7 heteroatoms. The number of likely N-dealkylation sites (tertiary alicyclic amines) is 1. The van der Waals surface area contributed by atoms with Crippen molar-refractivity contribution >= 4 is 17.2 Å². The molecule has 3 aromatic heterocycles. The Hall–Kier alpha value is -2.41. The number of rotatable bonds is 4. The molecule has 0 unspecified atom stereocenters. The first-order chi connectivity index (χ1) is 13.8. The minimum Gasteiger partial charge on any atom is -0.459 e. The molecule has 3 aromatic rings. The Morgan fingerprint density at radius 1 is 1.14 bits per heavy atom. The third kappa shape index (κ3) is 2.98.